The zero-order chi connectivity index (χ0) is 7.65. The number of amides is 2. The van der Waals surface area contributed by atoms with Crippen molar-refractivity contribution in [2.75, 3.05) is 0 Å². The third-order valence-corrected chi connectivity index (χ3v) is 1.77. The van der Waals surface area contributed by atoms with Crippen LogP contribution >= 0.6 is 27.5 Å². The molecule has 0 saturated carbocycles. The fourth-order valence-corrected chi connectivity index (χ4v) is 0.121. The van der Waals surface area contributed by atoms with Gasteiger partial charge in [-0.3, -0.25) is 9.59 Å². The standard InChI is InChI=1S/C3H4BrClN2O2/c4-3(5,1(6)8)2(7)9/h(H2,6,8)(H2,7,9). The van der Waals surface area contributed by atoms with Gasteiger partial charge in [0, 0.05) is 0 Å². The van der Waals surface area contributed by atoms with E-state index in [-0.39, 0.29) is 0 Å². The fraction of sp³-hybridized carbons (Fsp3) is 0.333. The summed E-state index contributed by atoms with van der Waals surface area (Å²) in [7, 11) is 0. The highest BCUT2D eigenvalue weighted by Crippen LogP contribution is 2.21. The number of hydrogen-bond acceptors (Lipinski definition) is 2. The first-order valence-electron chi connectivity index (χ1n) is 1.86. The number of nitrogens with two attached hydrogens (primary N) is 2. The van der Waals surface area contributed by atoms with E-state index in [9.17, 15) is 9.59 Å². The van der Waals surface area contributed by atoms with Crippen LogP contribution in [0.1, 0.15) is 0 Å². The highest BCUT2D eigenvalue weighted by atomic mass is 79.9. The maximum Gasteiger partial charge on any atom is 0.259 e. The molecule has 0 aliphatic rings. The van der Waals surface area contributed by atoms with Gasteiger partial charge in [0.15, 0.2) is 0 Å². The van der Waals surface area contributed by atoms with Crippen LogP contribution in [0, 0.1) is 0 Å². The summed E-state index contributed by atoms with van der Waals surface area (Å²) in [5.41, 5.74) is 9.31. The van der Waals surface area contributed by atoms with Crippen molar-refractivity contribution in [3.8, 4) is 0 Å². The second kappa shape index (κ2) is 2.53. The first kappa shape index (κ1) is 8.71. The number of halogens is 2. The van der Waals surface area contributed by atoms with Crippen LogP contribution in [0.4, 0.5) is 0 Å². The molecule has 0 bridgehead atoms. The predicted molar refractivity (Wildman–Crippen MR) is 35.9 cm³/mol. The highest BCUT2D eigenvalue weighted by molar-refractivity contribution is 9.11. The van der Waals surface area contributed by atoms with Crippen molar-refractivity contribution in [3.63, 3.8) is 0 Å². The molecule has 0 aromatic heterocycles. The van der Waals surface area contributed by atoms with E-state index in [1.807, 2.05) is 0 Å². The van der Waals surface area contributed by atoms with E-state index in [2.05, 4.69) is 27.4 Å². The lowest BCUT2D eigenvalue weighted by molar-refractivity contribution is -0.126. The van der Waals surface area contributed by atoms with Crippen molar-refractivity contribution in [2.24, 2.45) is 11.5 Å². The molecule has 0 aliphatic heterocycles. The maximum absolute atomic E-state index is 10.2. The molecule has 0 aliphatic carbocycles. The van der Waals surface area contributed by atoms with E-state index in [0.717, 1.165) is 0 Å². The number of carbonyl (C=O) groups is 2. The van der Waals surface area contributed by atoms with E-state index in [0.29, 0.717) is 0 Å². The van der Waals surface area contributed by atoms with Crippen molar-refractivity contribution in [3.05, 3.63) is 0 Å². The number of alkyl halides is 2. The summed E-state index contributed by atoms with van der Waals surface area (Å²) in [5.74, 6) is -2.03. The Balaban J connectivity index is 4.38. The molecule has 0 aromatic rings. The lowest BCUT2D eigenvalue weighted by atomic mass is 10.4. The monoisotopic (exact) mass is 214 g/mol. The van der Waals surface area contributed by atoms with Gasteiger partial charge in [-0.25, -0.2) is 0 Å². The molecule has 0 fully saturated rings. The Hall–Kier alpha value is -0.290. The van der Waals surface area contributed by atoms with E-state index in [1.54, 1.807) is 0 Å². The quantitative estimate of drug-likeness (QED) is 0.471. The van der Waals surface area contributed by atoms with Gasteiger partial charge in [-0.05, 0) is 15.9 Å². The Bertz CT molecular complexity index is 142. The number of primary amides is 2. The zero-order valence-electron chi connectivity index (χ0n) is 4.23. The molecule has 6 heteroatoms. The minimum atomic E-state index is -1.94. The number of carbonyl (C=O) groups excluding carboxylic acids is 2. The van der Waals surface area contributed by atoms with Gasteiger partial charge >= 0.3 is 0 Å². The van der Waals surface area contributed by atoms with Crippen molar-refractivity contribution in [1.29, 1.82) is 0 Å². The molecule has 0 heterocycles. The molecular formula is C3H4BrClN2O2. The number of hydrogen-bond donors (Lipinski definition) is 2. The zero-order valence-corrected chi connectivity index (χ0v) is 6.57. The lowest BCUT2D eigenvalue weighted by Gasteiger charge is -2.08. The second-order valence-electron chi connectivity index (χ2n) is 1.30. The van der Waals surface area contributed by atoms with E-state index >= 15 is 0 Å². The molecule has 0 atom stereocenters. The molecule has 0 spiro atoms. The smallest absolute Gasteiger partial charge is 0.259 e. The van der Waals surface area contributed by atoms with Crippen molar-refractivity contribution >= 4 is 39.3 Å². The van der Waals surface area contributed by atoms with Crippen LogP contribution in [0.2, 0.25) is 0 Å². The van der Waals surface area contributed by atoms with Gasteiger partial charge in [-0.15, -0.1) is 0 Å². The molecule has 4 nitrogen and oxygen atoms in total. The SMILES string of the molecule is NC(=O)C(Cl)(Br)C(N)=O. The summed E-state index contributed by atoms with van der Waals surface area (Å²) in [5, 5.41) is 0. The molecule has 4 N–H and O–H groups in total. The molecule has 2 amide bonds. The van der Waals surface area contributed by atoms with Gasteiger partial charge in [0.1, 0.15) is 0 Å². The topological polar surface area (TPSA) is 86.2 Å². The Labute approximate surface area is 64.6 Å². The molecular weight excluding hydrogens is 211 g/mol. The summed E-state index contributed by atoms with van der Waals surface area (Å²) in [6, 6.07) is 0. The van der Waals surface area contributed by atoms with Gasteiger partial charge in [0.25, 0.3) is 15.6 Å². The van der Waals surface area contributed by atoms with Crippen molar-refractivity contribution in [1.82, 2.24) is 0 Å². The molecule has 0 unspecified atom stereocenters. The predicted octanol–water partition coefficient (Wildman–Crippen LogP) is -0.713. The Kier molecular flexibility index (Phi) is 2.45. The fourth-order valence-electron chi connectivity index (χ4n) is 0.121. The first-order valence-corrected chi connectivity index (χ1v) is 3.03. The van der Waals surface area contributed by atoms with Gasteiger partial charge in [-0.1, -0.05) is 11.6 Å². The molecule has 0 radical (unpaired) electrons. The highest BCUT2D eigenvalue weighted by Gasteiger charge is 2.37. The normalized spacial score (nSPS) is 10.9. The third kappa shape index (κ3) is 1.83. The second-order valence-corrected chi connectivity index (χ2v) is 3.52. The van der Waals surface area contributed by atoms with E-state index < -0.39 is 15.6 Å². The Morgan fingerprint density at radius 1 is 1.33 bits per heavy atom. The van der Waals surface area contributed by atoms with Crippen LogP contribution < -0.4 is 11.5 Å². The van der Waals surface area contributed by atoms with Crippen molar-refractivity contribution in [2.45, 2.75) is 3.78 Å². The molecule has 0 aromatic carbocycles. The molecule has 9 heavy (non-hydrogen) atoms. The largest absolute Gasteiger partial charge is 0.367 e. The first-order chi connectivity index (χ1) is 3.89. The third-order valence-electron chi connectivity index (χ3n) is 0.619. The van der Waals surface area contributed by atoms with Crippen LogP contribution in [-0.2, 0) is 9.59 Å². The summed E-state index contributed by atoms with van der Waals surface area (Å²) >= 11 is 7.70. The summed E-state index contributed by atoms with van der Waals surface area (Å²) in [4.78, 5) is 20.4. The average molecular weight is 215 g/mol. The summed E-state index contributed by atoms with van der Waals surface area (Å²) < 4.78 is -1.94. The molecule has 0 rings (SSSR count). The van der Waals surface area contributed by atoms with Crippen LogP contribution in [-0.4, -0.2) is 15.6 Å². The average Bonchev–Trinajstić information content (AvgIpc) is 1.65. The minimum absolute atomic E-state index is 1.02. The van der Waals surface area contributed by atoms with Gasteiger partial charge in [0.05, 0.1) is 0 Å². The molecule has 0 saturated heterocycles. The maximum atomic E-state index is 10.2. The van der Waals surface area contributed by atoms with Crippen LogP contribution in [0.15, 0.2) is 0 Å². The summed E-state index contributed by atoms with van der Waals surface area (Å²) in [6.45, 7) is 0. The van der Waals surface area contributed by atoms with Gasteiger partial charge in [-0.2, -0.15) is 0 Å². The summed E-state index contributed by atoms with van der Waals surface area (Å²) in [6.07, 6.45) is 0. The minimum Gasteiger partial charge on any atom is -0.367 e. The van der Waals surface area contributed by atoms with Gasteiger partial charge in [0.2, 0.25) is 0 Å². The van der Waals surface area contributed by atoms with Crippen molar-refractivity contribution < 1.29 is 9.59 Å². The van der Waals surface area contributed by atoms with Crippen LogP contribution in [0.5, 0.6) is 0 Å². The van der Waals surface area contributed by atoms with Gasteiger partial charge < -0.3 is 11.5 Å². The van der Waals surface area contributed by atoms with Crippen LogP contribution in [0.25, 0.3) is 0 Å². The van der Waals surface area contributed by atoms with Crippen LogP contribution in [0.3, 0.4) is 0 Å². The lowest BCUT2D eigenvalue weighted by Crippen LogP contribution is -2.44. The Morgan fingerprint density at radius 3 is 1.56 bits per heavy atom. The number of rotatable bonds is 2. The van der Waals surface area contributed by atoms with E-state index in [1.165, 1.54) is 0 Å². The van der Waals surface area contributed by atoms with E-state index in [4.69, 9.17) is 11.6 Å². The Morgan fingerprint density at radius 2 is 1.56 bits per heavy atom. The molecule has 52 valence electrons.